The smallest absolute Gasteiger partial charge is 0.225 e. The van der Waals surface area contributed by atoms with Crippen LogP contribution < -0.4 is 5.32 Å². The lowest BCUT2D eigenvalue weighted by Crippen LogP contribution is -2.10. The van der Waals surface area contributed by atoms with E-state index in [1.807, 2.05) is 0 Å². The van der Waals surface area contributed by atoms with E-state index in [-0.39, 0.29) is 0 Å². The molecule has 3 rings (SSSR count). The van der Waals surface area contributed by atoms with Crippen molar-refractivity contribution in [2.24, 2.45) is 5.92 Å². The van der Waals surface area contributed by atoms with Crippen LogP contribution in [0.1, 0.15) is 30.7 Å². The Labute approximate surface area is 116 Å². The minimum atomic E-state index is 0.566. The average Bonchev–Trinajstić information content (AvgIpc) is 2.85. The predicted molar refractivity (Wildman–Crippen MR) is 77.8 cm³/mol. The monoisotopic (exact) mass is 281 g/mol. The van der Waals surface area contributed by atoms with Gasteiger partial charge < -0.3 is 5.32 Å². The summed E-state index contributed by atoms with van der Waals surface area (Å²) in [7, 11) is 0. The van der Waals surface area contributed by atoms with E-state index in [4.69, 9.17) is 11.6 Å². The summed E-state index contributed by atoms with van der Waals surface area (Å²) in [4.78, 5) is 11.4. The number of rotatable bonds is 3. The van der Waals surface area contributed by atoms with Gasteiger partial charge in [0.15, 0.2) is 0 Å². The Morgan fingerprint density at radius 1 is 1.33 bits per heavy atom. The molecule has 0 bridgehead atoms. The molecule has 2 aromatic heterocycles. The molecule has 2 aromatic rings. The van der Waals surface area contributed by atoms with Gasteiger partial charge >= 0.3 is 0 Å². The van der Waals surface area contributed by atoms with Crippen LogP contribution >= 0.6 is 22.9 Å². The summed E-state index contributed by atoms with van der Waals surface area (Å²) in [5.41, 5.74) is 1.38. The van der Waals surface area contributed by atoms with E-state index in [0.717, 1.165) is 23.2 Å². The van der Waals surface area contributed by atoms with Gasteiger partial charge in [-0.25, -0.2) is 9.97 Å². The Morgan fingerprint density at radius 3 is 2.94 bits per heavy atom. The third kappa shape index (κ3) is 2.08. The number of nitrogens with one attached hydrogen (secondary N) is 1. The Morgan fingerprint density at radius 2 is 2.17 bits per heavy atom. The molecule has 0 unspecified atom stereocenters. The highest BCUT2D eigenvalue weighted by Gasteiger charge is 2.21. The molecular formula is C13H16ClN3S. The van der Waals surface area contributed by atoms with E-state index >= 15 is 0 Å². The molecular weight excluding hydrogens is 266 g/mol. The summed E-state index contributed by atoms with van der Waals surface area (Å²) in [6.07, 6.45) is 3.53. The largest absolute Gasteiger partial charge is 0.354 e. The molecule has 0 aromatic carbocycles. The van der Waals surface area contributed by atoms with E-state index in [1.165, 1.54) is 23.3 Å². The zero-order valence-electron chi connectivity index (χ0n) is 10.6. The fourth-order valence-corrected chi connectivity index (χ4v) is 3.93. The number of halogens is 1. The molecule has 0 saturated heterocycles. The van der Waals surface area contributed by atoms with Crippen molar-refractivity contribution in [2.75, 3.05) is 11.9 Å². The number of aryl methyl sites for hydroxylation is 2. The highest BCUT2D eigenvalue weighted by molar-refractivity contribution is 7.19. The van der Waals surface area contributed by atoms with Crippen molar-refractivity contribution in [3.05, 3.63) is 15.6 Å². The normalized spacial score (nSPS) is 14.4. The minimum Gasteiger partial charge on any atom is -0.354 e. The number of aromatic nitrogens is 2. The first kappa shape index (κ1) is 12.2. The maximum absolute atomic E-state index is 6.32. The van der Waals surface area contributed by atoms with Gasteiger partial charge in [-0.2, -0.15) is 0 Å². The molecule has 1 N–H and O–H groups in total. The predicted octanol–water partition coefficient (Wildman–Crippen LogP) is 3.90. The van der Waals surface area contributed by atoms with Gasteiger partial charge in [-0.1, -0.05) is 25.4 Å². The Hall–Kier alpha value is -0.870. The maximum atomic E-state index is 6.32. The van der Waals surface area contributed by atoms with Crippen molar-refractivity contribution >= 4 is 39.1 Å². The van der Waals surface area contributed by atoms with E-state index in [9.17, 15) is 0 Å². The molecule has 2 heterocycles. The maximum Gasteiger partial charge on any atom is 0.225 e. The van der Waals surface area contributed by atoms with Gasteiger partial charge in [0.05, 0.1) is 5.39 Å². The highest BCUT2D eigenvalue weighted by atomic mass is 35.5. The van der Waals surface area contributed by atoms with Gasteiger partial charge in [0.2, 0.25) is 5.95 Å². The fraction of sp³-hybridized carbons (Fsp3) is 0.538. The Balaban J connectivity index is 2.01. The molecule has 0 aliphatic heterocycles. The second-order valence-corrected chi connectivity index (χ2v) is 6.59. The first-order valence-corrected chi connectivity index (χ1v) is 7.56. The topological polar surface area (TPSA) is 37.8 Å². The zero-order valence-corrected chi connectivity index (χ0v) is 12.2. The summed E-state index contributed by atoms with van der Waals surface area (Å²) in [6, 6.07) is 0. The number of hydrogen-bond donors (Lipinski definition) is 1. The number of nitrogens with zero attached hydrogens (tertiary/aromatic N) is 2. The first-order chi connectivity index (χ1) is 8.65. The third-order valence-corrected chi connectivity index (χ3v) is 4.65. The second kappa shape index (κ2) is 4.67. The van der Waals surface area contributed by atoms with Crippen LogP contribution in [0.2, 0.25) is 5.15 Å². The molecule has 1 aliphatic rings. The van der Waals surface area contributed by atoms with Crippen LogP contribution in [0.25, 0.3) is 10.2 Å². The molecule has 0 amide bonds. The van der Waals surface area contributed by atoms with Crippen LogP contribution in [0.5, 0.6) is 0 Å². The molecule has 5 heteroatoms. The molecule has 0 fully saturated rings. The lowest BCUT2D eigenvalue weighted by Gasteiger charge is -2.07. The van der Waals surface area contributed by atoms with Crippen LogP contribution in [0.3, 0.4) is 0 Å². The number of anilines is 1. The van der Waals surface area contributed by atoms with Crippen LogP contribution in [0.15, 0.2) is 0 Å². The van der Waals surface area contributed by atoms with Crippen LogP contribution in [-0.2, 0) is 12.8 Å². The van der Waals surface area contributed by atoms with Gasteiger partial charge in [0.1, 0.15) is 9.98 Å². The van der Waals surface area contributed by atoms with E-state index < -0.39 is 0 Å². The minimum absolute atomic E-state index is 0.566. The van der Waals surface area contributed by atoms with E-state index in [1.54, 1.807) is 11.3 Å². The van der Waals surface area contributed by atoms with E-state index in [2.05, 4.69) is 29.1 Å². The van der Waals surface area contributed by atoms with Crippen LogP contribution in [0.4, 0.5) is 5.95 Å². The highest BCUT2D eigenvalue weighted by Crippen LogP contribution is 2.39. The SMILES string of the molecule is CC(C)CNc1nc(Cl)c2c3c(sc2n1)CCC3. The molecule has 0 saturated carbocycles. The zero-order chi connectivity index (χ0) is 12.7. The van der Waals surface area contributed by atoms with Crippen molar-refractivity contribution < 1.29 is 0 Å². The fourth-order valence-electron chi connectivity index (χ4n) is 2.33. The molecule has 0 atom stereocenters. The molecule has 1 aliphatic carbocycles. The summed E-state index contributed by atoms with van der Waals surface area (Å²) >= 11 is 8.09. The summed E-state index contributed by atoms with van der Waals surface area (Å²) in [5.74, 6) is 1.22. The quantitative estimate of drug-likeness (QED) is 0.867. The van der Waals surface area contributed by atoms with Crippen molar-refractivity contribution in [2.45, 2.75) is 33.1 Å². The standard InChI is InChI=1S/C13H16ClN3S/c1-7(2)6-15-13-16-11(14)10-8-4-3-5-9(8)18-12(10)17-13/h7H,3-6H2,1-2H3,(H,15,16,17). The number of hydrogen-bond acceptors (Lipinski definition) is 4. The van der Waals surface area contributed by atoms with Crippen LogP contribution in [0, 0.1) is 5.92 Å². The van der Waals surface area contributed by atoms with Gasteiger partial charge in [0, 0.05) is 11.4 Å². The van der Waals surface area contributed by atoms with Crippen molar-refractivity contribution in [1.82, 2.24) is 9.97 Å². The lowest BCUT2D eigenvalue weighted by molar-refractivity contribution is 0.685. The molecule has 3 nitrogen and oxygen atoms in total. The van der Waals surface area contributed by atoms with E-state index in [0.29, 0.717) is 17.0 Å². The molecule has 0 radical (unpaired) electrons. The van der Waals surface area contributed by atoms with Crippen LogP contribution in [-0.4, -0.2) is 16.5 Å². The number of thiophene rings is 1. The Kier molecular flexibility index (Phi) is 3.16. The Bertz CT molecular complexity index is 591. The molecule has 96 valence electrons. The average molecular weight is 282 g/mol. The third-order valence-electron chi connectivity index (χ3n) is 3.19. The van der Waals surface area contributed by atoms with Gasteiger partial charge in [-0.15, -0.1) is 11.3 Å². The summed E-state index contributed by atoms with van der Waals surface area (Å²) in [5, 5.41) is 4.93. The van der Waals surface area contributed by atoms with Gasteiger partial charge in [0.25, 0.3) is 0 Å². The second-order valence-electron chi connectivity index (χ2n) is 5.15. The molecule has 0 spiro atoms. The summed E-state index contributed by atoms with van der Waals surface area (Å²) in [6.45, 7) is 5.19. The van der Waals surface area contributed by atoms with Crippen molar-refractivity contribution in [1.29, 1.82) is 0 Å². The van der Waals surface area contributed by atoms with Crippen molar-refractivity contribution in [3.8, 4) is 0 Å². The van der Waals surface area contributed by atoms with Crippen molar-refractivity contribution in [3.63, 3.8) is 0 Å². The summed E-state index contributed by atoms with van der Waals surface area (Å²) < 4.78 is 0. The van der Waals surface area contributed by atoms with Gasteiger partial charge in [-0.05, 0) is 30.7 Å². The number of fused-ring (bicyclic) bond motifs is 3. The molecule has 18 heavy (non-hydrogen) atoms. The first-order valence-electron chi connectivity index (χ1n) is 6.37. The van der Waals surface area contributed by atoms with Gasteiger partial charge in [-0.3, -0.25) is 0 Å². The lowest BCUT2D eigenvalue weighted by atomic mass is 10.2.